The van der Waals surface area contributed by atoms with Crippen molar-refractivity contribution in [2.45, 2.75) is 44.4 Å². The number of nitrogens with zero attached hydrogens (tertiary/aromatic N) is 2. The van der Waals surface area contributed by atoms with Crippen LogP contribution in [0.15, 0.2) is 53.5 Å². The molecule has 1 atom stereocenters. The Bertz CT molecular complexity index is 935. The first-order valence-electron chi connectivity index (χ1n) is 9.52. The molecule has 0 bridgehead atoms. The third-order valence-corrected chi connectivity index (χ3v) is 6.07. The van der Waals surface area contributed by atoms with Crippen LogP contribution in [-0.4, -0.2) is 33.2 Å². The zero-order valence-corrected chi connectivity index (χ0v) is 16.8. The number of hydrogen-bond donors (Lipinski definition) is 1. The monoisotopic (exact) mass is 393 g/mol. The highest BCUT2D eigenvalue weighted by Crippen LogP contribution is 2.39. The summed E-state index contributed by atoms with van der Waals surface area (Å²) in [4.78, 5) is 32.0. The maximum Gasteiger partial charge on any atom is 0.242 e. The highest BCUT2D eigenvalue weighted by atomic mass is 32.2. The number of amidine groups is 1. The van der Waals surface area contributed by atoms with Gasteiger partial charge in [0.15, 0.2) is 5.17 Å². The molecule has 144 valence electrons. The summed E-state index contributed by atoms with van der Waals surface area (Å²) in [6, 6.07) is 15.8. The van der Waals surface area contributed by atoms with Crippen LogP contribution in [-0.2, 0) is 9.59 Å². The molecule has 2 aromatic rings. The fraction of sp³-hybridized carbons (Fsp3) is 0.318. The van der Waals surface area contributed by atoms with Crippen molar-refractivity contribution in [3.63, 3.8) is 0 Å². The Morgan fingerprint density at radius 1 is 1.14 bits per heavy atom. The summed E-state index contributed by atoms with van der Waals surface area (Å²) in [5.41, 5.74) is 3.82. The van der Waals surface area contributed by atoms with Crippen molar-refractivity contribution in [2.75, 3.05) is 5.32 Å². The highest BCUT2D eigenvalue weighted by molar-refractivity contribution is 8.15. The summed E-state index contributed by atoms with van der Waals surface area (Å²) < 4.78 is 0. The Morgan fingerprint density at radius 2 is 1.86 bits per heavy atom. The minimum absolute atomic E-state index is 0.00103. The van der Waals surface area contributed by atoms with E-state index in [2.05, 4.69) is 5.32 Å². The summed E-state index contributed by atoms with van der Waals surface area (Å²) in [5, 5.41) is 3.18. The molecule has 1 aliphatic heterocycles. The molecule has 0 unspecified atom stereocenters. The predicted octanol–water partition coefficient (Wildman–Crippen LogP) is 4.43. The molecule has 1 saturated heterocycles. The predicted molar refractivity (Wildman–Crippen MR) is 114 cm³/mol. The lowest BCUT2D eigenvalue weighted by molar-refractivity contribution is -0.128. The SMILES string of the molecule is Cc1ccc(NC(=O)C[C@H]2SC(=Nc3ccccc3C)N(C3CC3)C2=O)cc1. The molecule has 2 fully saturated rings. The van der Waals surface area contributed by atoms with E-state index in [4.69, 9.17) is 4.99 Å². The van der Waals surface area contributed by atoms with E-state index < -0.39 is 5.25 Å². The van der Waals surface area contributed by atoms with E-state index in [1.807, 2.05) is 62.4 Å². The molecule has 0 aromatic heterocycles. The Kier molecular flexibility index (Phi) is 5.22. The molecule has 4 rings (SSSR count). The lowest BCUT2D eigenvalue weighted by Crippen LogP contribution is -2.35. The van der Waals surface area contributed by atoms with E-state index in [1.165, 1.54) is 11.8 Å². The van der Waals surface area contributed by atoms with Gasteiger partial charge in [-0.2, -0.15) is 0 Å². The van der Waals surface area contributed by atoms with Crippen molar-refractivity contribution in [3.05, 3.63) is 59.7 Å². The number of hydrogen-bond acceptors (Lipinski definition) is 4. The van der Waals surface area contributed by atoms with Gasteiger partial charge in [0.2, 0.25) is 11.8 Å². The molecule has 2 aliphatic rings. The van der Waals surface area contributed by atoms with Crippen LogP contribution in [0.5, 0.6) is 0 Å². The van der Waals surface area contributed by atoms with E-state index in [1.54, 1.807) is 4.90 Å². The van der Waals surface area contributed by atoms with Gasteiger partial charge in [0, 0.05) is 18.2 Å². The lowest BCUT2D eigenvalue weighted by Gasteiger charge is -2.15. The van der Waals surface area contributed by atoms with Gasteiger partial charge in [0.25, 0.3) is 0 Å². The Hall–Kier alpha value is -2.60. The first-order chi connectivity index (χ1) is 13.5. The number of aryl methyl sites for hydroxylation is 2. The Morgan fingerprint density at radius 3 is 2.54 bits per heavy atom. The third kappa shape index (κ3) is 4.12. The largest absolute Gasteiger partial charge is 0.326 e. The van der Waals surface area contributed by atoms with Crippen molar-refractivity contribution in [1.29, 1.82) is 0 Å². The zero-order valence-electron chi connectivity index (χ0n) is 16.0. The van der Waals surface area contributed by atoms with Crippen molar-refractivity contribution in [3.8, 4) is 0 Å². The molecule has 5 nitrogen and oxygen atoms in total. The fourth-order valence-electron chi connectivity index (χ4n) is 3.17. The third-order valence-electron chi connectivity index (χ3n) is 4.92. The molecule has 0 spiro atoms. The van der Waals surface area contributed by atoms with Crippen molar-refractivity contribution in [2.24, 2.45) is 4.99 Å². The van der Waals surface area contributed by atoms with Gasteiger partial charge in [-0.15, -0.1) is 0 Å². The van der Waals surface area contributed by atoms with E-state index in [0.29, 0.717) is 0 Å². The second-order valence-corrected chi connectivity index (χ2v) is 8.51. The molecule has 1 heterocycles. The molecule has 2 amide bonds. The van der Waals surface area contributed by atoms with Crippen LogP contribution in [0.2, 0.25) is 0 Å². The lowest BCUT2D eigenvalue weighted by atomic mass is 10.2. The molecule has 2 aromatic carbocycles. The van der Waals surface area contributed by atoms with Crippen LogP contribution in [0.25, 0.3) is 0 Å². The second kappa shape index (κ2) is 7.80. The first-order valence-corrected chi connectivity index (χ1v) is 10.4. The summed E-state index contributed by atoms with van der Waals surface area (Å²) >= 11 is 1.41. The number of carbonyl (C=O) groups is 2. The molecule has 1 saturated carbocycles. The summed E-state index contributed by atoms with van der Waals surface area (Å²) in [6.45, 7) is 4.01. The van der Waals surface area contributed by atoms with Gasteiger partial charge in [-0.25, -0.2) is 4.99 Å². The average Bonchev–Trinajstić information content (AvgIpc) is 3.45. The number of nitrogens with one attached hydrogen (secondary N) is 1. The number of thioether (sulfide) groups is 1. The molecule has 1 N–H and O–H groups in total. The number of aliphatic imine (C=N–C) groups is 1. The molecule has 6 heteroatoms. The number of carbonyl (C=O) groups excluding carboxylic acids is 2. The number of amides is 2. The van der Waals surface area contributed by atoms with Gasteiger partial charge >= 0.3 is 0 Å². The number of benzene rings is 2. The molecule has 28 heavy (non-hydrogen) atoms. The van der Waals surface area contributed by atoms with Crippen molar-refractivity contribution < 1.29 is 9.59 Å². The van der Waals surface area contributed by atoms with Crippen molar-refractivity contribution >= 4 is 40.1 Å². The number of para-hydroxylation sites is 1. The topological polar surface area (TPSA) is 61.8 Å². The standard InChI is InChI=1S/C22H23N3O2S/c1-14-7-9-16(10-8-14)23-20(26)13-19-21(27)25(17-11-12-17)22(28-19)24-18-6-4-3-5-15(18)2/h3-10,17,19H,11-13H2,1-2H3,(H,23,26)/t19-/m1/s1. The second-order valence-electron chi connectivity index (χ2n) is 7.35. The summed E-state index contributed by atoms with van der Waals surface area (Å²) in [7, 11) is 0. The number of anilines is 1. The van der Waals surface area contributed by atoms with Gasteiger partial charge in [0.1, 0.15) is 5.25 Å². The molecule has 1 aliphatic carbocycles. The smallest absolute Gasteiger partial charge is 0.242 e. The maximum absolute atomic E-state index is 12.9. The minimum Gasteiger partial charge on any atom is -0.326 e. The van der Waals surface area contributed by atoms with Crippen LogP contribution < -0.4 is 5.32 Å². The van der Waals surface area contributed by atoms with Gasteiger partial charge in [-0.3, -0.25) is 14.5 Å². The first kappa shape index (κ1) is 18.7. The van der Waals surface area contributed by atoms with Gasteiger partial charge < -0.3 is 5.32 Å². The Balaban J connectivity index is 1.49. The summed E-state index contributed by atoms with van der Waals surface area (Å²) in [6.07, 6.45) is 2.15. The number of rotatable bonds is 5. The van der Waals surface area contributed by atoms with Crippen LogP contribution in [0.1, 0.15) is 30.4 Å². The molecule has 0 radical (unpaired) electrons. The fourth-order valence-corrected chi connectivity index (χ4v) is 4.38. The van der Waals surface area contributed by atoms with E-state index in [0.717, 1.165) is 40.5 Å². The zero-order chi connectivity index (χ0) is 19.7. The van der Waals surface area contributed by atoms with Crippen LogP contribution >= 0.6 is 11.8 Å². The van der Waals surface area contributed by atoms with Crippen LogP contribution in [0, 0.1) is 13.8 Å². The highest BCUT2D eigenvalue weighted by Gasteiger charge is 2.46. The van der Waals surface area contributed by atoms with E-state index in [9.17, 15) is 9.59 Å². The Labute approximate surface area is 169 Å². The molecular formula is C22H23N3O2S. The van der Waals surface area contributed by atoms with Crippen molar-refractivity contribution in [1.82, 2.24) is 4.90 Å². The van der Waals surface area contributed by atoms with E-state index in [-0.39, 0.29) is 24.3 Å². The van der Waals surface area contributed by atoms with E-state index >= 15 is 0 Å². The van der Waals surface area contributed by atoms with Crippen LogP contribution in [0.4, 0.5) is 11.4 Å². The maximum atomic E-state index is 12.9. The quantitative estimate of drug-likeness (QED) is 0.818. The average molecular weight is 394 g/mol. The van der Waals surface area contributed by atoms with Gasteiger partial charge in [-0.1, -0.05) is 47.7 Å². The summed E-state index contributed by atoms with van der Waals surface area (Å²) in [5.74, 6) is -0.151. The minimum atomic E-state index is -0.422. The van der Waals surface area contributed by atoms with Crippen LogP contribution in [0.3, 0.4) is 0 Å². The van der Waals surface area contributed by atoms with Gasteiger partial charge in [-0.05, 0) is 50.5 Å². The normalized spacial score (nSPS) is 20.6. The molecular weight excluding hydrogens is 370 g/mol. The van der Waals surface area contributed by atoms with Gasteiger partial charge in [0.05, 0.1) is 5.69 Å².